The fourth-order valence-corrected chi connectivity index (χ4v) is 3.99. The van der Waals surface area contributed by atoms with Gasteiger partial charge in [0, 0.05) is 42.6 Å². The molecule has 2 amide bonds. The molecule has 4 rings (SSSR count). The number of nitrogens with one attached hydrogen (secondary N) is 2. The lowest BCUT2D eigenvalue weighted by Crippen LogP contribution is -2.61. The first-order valence-corrected chi connectivity index (χ1v) is 11.4. The van der Waals surface area contributed by atoms with Crippen molar-refractivity contribution < 1.29 is 27.5 Å². The van der Waals surface area contributed by atoms with Crippen molar-refractivity contribution in [3.63, 3.8) is 0 Å². The average molecular weight is 526 g/mol. The van der Waals surface area contributed by atoms with E-state index in [0.717, 1.165) is 0 Å². The number of rotatable bonds is 5. The molecule has 0 aromatic carbocycles. The number of nitrogens with zero attached hydrogens (tertiary/aromatic N) is 5. The van der Waals surface area contributed by atoms with Crippen LogP contribution in [0.4, 0.5) is 23.8 Å². The maximum atomic E-state index is 12.8. The Labute approximate surface area is 208 Å². The average Bonchev–Trinajstić information content (AvgIpc) is 3.24. The van der Waals surface area contributed by atoms with Gasteiger partial charge in [-0.05, 0) is 26.0 Å². The van der Waals surface area contributed by atoms with E-state index in [1.807, 2.05) is 5.32 Å². The summed E-state index contributed by atoms with van der Waals surface area (Å²) in [6, 6.07) is 2.12. The number of amides is 2. The summed E-state index contributed by atoms with van der Waals surface area (Å²) < 4.78 is 43.5. The van der Waals surface area contributed by atoms with Crippen LogP contribution in [-0.4, -0.2) is 81.3 Å². The molecule has 0 saturated carbocycles. The first kappa shape index (κ1) is 25.5. The van der Waals surface area contributed by atoms with Crippen LogP contribution in [0.25, 0.3) is 22.4 Å². The molecule has 3 aromatic heterocycles. The molecule has 1 atom stereocenters. The Balaban J connectivity index is 1.64. The van der Waals surface area contributed by atoms with Crippen molar-refractivity contribution in [3.8, 4) is 11.4 Å². The zero-order valence-corrected chi connectivity index (χ0v) is 20.1. The monoisotopic (exact) mass is 525 g/mol. The highest BCUT2D eigenvalue weighted by atomic mass is 35.5. The molecule has 3 aromatic rings. The van der Waals surface area contributed by atoms with Crippen molar-refractivity contribution in [2.24, 2.45) is 0 Å². The van der Waals surface area contributed by atoms with Crippen LogP contribution in [0.15, 0.2) is 30.7 Å². The van der Waals surface area contributed by atoms with Gasteiger partial charge < -0.3 is 24.8 Å². The van der Waals surface area contributed by atoms with Gasteiger partial charge in [0.2, 0.25) is 5.91 Å². The Kier molecular flexibility index (Phi) is 7.20. The van der Waals surface area contributed by atoms with Crippen LogP contribution in [-0.2, 0) is 9.53 Å². The second-order valence-corrected chi connectivity index (χ2v) is 8.85. The normalized spacial score (nSPS) is 16.5. The molecule has 1 aliphatic heterocycles. The molecule has 0 bridgehead atoms. The van der Waals surface area contributed by atoms with Crippen molar-refractivity contribution in [1.29, 1.82) is 0 Å². The minimum Gasteiger partial charge on any atom is -0.447 e. The topological polar surface area (TPSA) is 116 Å². The number of carbonyl (C=O) groups excluding carboxylic acids is 2. The molecule has 0 spiro atoms. The van der Waals surface area contributed by atoms with Crippen LogP contribution >= 0.6 is 11.6 Å². The van der Waals surface area contributed by atoms with Gasteiger partial charge in [-0.3, -0.25) is 4.79 Å². The third-order valence-electron chi connectivity index (χ3n) is 5.41. The van der Waals surface area contributed by atoms with Crippen molar-refractivity contribution in [1.82, 2.24) is 30.2 Å². The summed E-state index contributed by atoms with van der Waals surface area (Å²) in [5, 5.41) is 3.01. The molecule has 10 nitrogen and oxygen atoms in total. The van der Waals surface area contributed by atoms with Crippen molar-refractivity contribution in [3.05, 3.63) is 35.7 Å². The van der Waals surface area contributed by atoms with E-state index >= 15 is 0 Å². The van der Waals surface area contributed by atoms with Gasteiger partial charge in [-0.15, -0.1) is 0 Å². The lowest BCUT2D eigenvalue weighted by atomic mass is 10.1. The molecule has 0 aliphatic carbocycles. The predicted octanol–water partition coefficient (Wildman–Crippen LogP) is 3.39. The number of alkyl halides is 3. The van der Waals surface area contributed by atoms with E-state index < -0.39 is 36.9 Å². The molecular formula is C22H23ClF3N7O3. The van der Waals surface area contributed by atoms with Gasteiger partial charge in [0.1, 0.15) is 24.1 Å². The smallest absolute Gasteiger partial charge is 0.410 e. The Morgan fingerprint density at radius 2 is 2.08 bits per heavy atom. The highest BCUT2D eigenvalue weighted by Crippen LogP contribution is 2.29. The molecule has 0 radical (unpaired) electrons. The number of pyridine rings is 1. The molecule has 1 aliphatic rings. The third-order valence-corrected chi connectivity index (χ3v) is 5.62. The van der Waals surface area contributed by atoms with E-state index in [1.54, 1.807) is 37.1 Å². The minimum atomic E-state index is -4.59. The molecule has 0 unspecified atom stereocenters. The van der Waals surface area contributed by atoms with Crippen LogP contribution in [0.2, 0.25) is 5.02 Å². The van der Waals surface area contributed by atoms with Gasteiger partial charge in [-0.25, -0.2) is 19.7 Å². The van der Waals surface area contributed by atoms with E-state index in [0.29, 0.717) is 33.3 Å². The van der Waals surface area contributed by atoms with E-state index in [4.69, 9.17) is 16.3 Å². The summed E-state index contributed by atoms with van der Waals surface area (Å²) in [7, 11) is 0. The number of aromatic amines is 1. The standard InChI is InChI=1S/C22H23ClF3N7O3/c1-12(2)36-21(35)32-5-6-33(16(10-32)20(34)30-11-22(24,25)26)17-3-4-27-19(31-17)15-9-29-18-14(15)7-13(23)8-28-18/h3-4,7-9,12,16H,5-6,10-11H2,1-2H3,(H,28,29)(H,30,34)/t16-/m1/s1. The second-order valence-electron chi connectivity index (χ2n) is 8.41. The summed E-state index contributed by atoms with van der Waals surface area (Å²) in [5.41, 5.74) is 1.18. The highest BCUT2D eigenvalue weighted by Gasteiger charge is 2.38. The molecule has 4 heterocycles. The van der Waals surface area contributed by atoms with Crippen LogP contribution in [0.1, 0.15) is 13.8 Å². The molecular weight excluding hydrogens is 503 g/mol. The zero-order chi connectivity index (χ0) is 26.0. The van der Waals surface area contributed by atoms with Crippen molar-refractivity contribution >= 4 is 40.5 Å². The number of anilines is 1. The van der Waals surface area contributed by atoms with Gasteiger partial charge in [0.25, 0.3) is 0 Å². The quantitative estimate of drug-likeness (QED) is 0.524. The van der Waals surface area contributed by atoms with Crippen LogP contribution in [0.5, 0.6) is 0 Å². The number of fused-ring (bicyclic) bond motifs is 1. The Morgan fingerprint density at radius 1 is 1.31 bits per heavy atom. The molecule has 1 saturated heterocycles. The SMILES string of the molecule is CC(C)OC(=O)N1CCN(c2ccnc(-c3c[nH]c4ncc(Cl)cc34)n2)[C@@H](C(=O)NCC(F)(F)F)C1. The number of piperazine rings is 1. The summed E-state index contributed by atoms with van der Waals surface area (Å²) >= 11 is 6.08. The first-order chi connectivity index (χ1) is 17.0. The van der Waals surface area contributed by atoms with Gasteiger partial charge in [0.15, 0.2) is 5.82 Å². The van der Waals surface area contributed by atoms with E-state index in [1.165, 1.54) is 17.3 Å². The number of halogens is 4. The lowest BCUT2D eigenvalue weighted by molar-refractivity contribution is -0.139. The fraction of sp³-hybridized carbons (Fsp3) is 0.409. The molecule has 14 heteroatoms. The van der Waals surface area contributed by atoms with Gasteiger partial charge >= 0.3 is 12.3 Å². The highest BCUT2D eigenvalue weighted by molar-refractivity contribution is 6.31. The second kappa shape index (κ2) is 10.2. The minimum absolute atomic E-state index is 0.134. The predicted molar refractivity (Wildman–Crippen MR) is 126 cm³/mol. The third kappa shape index (κ3) is 5.78. The van der Waals surface area contributed by atoms with Crippen LogP contribution < -0.4 is 10.2 Å². The summed E-state index contributed by atoms with van der Waals surface area (Å²) in [6.45, 7) is 2.00. The number of H-pyrrole nitrogens is 1. The summed E-state index contributed by atoms with van der Waals surface area (Å²) in [6.07, 6.45) is -0.978. The molecule has 1 fully saturated rings. The van der Waals surface area contributed by atoms with Crippen LogP contribution in [0.3, 0.4) is 0 Å². The van der Waals surface area contributed by atoms with Gasteiger partial charge in [-0.2, -0.15) is 13.2 Å². The maximum absolute atomic E-state index is 12.8. The van der Waals surface area contributed by atoms with Gasteiger partial charge in [0.05, 0.1) is 17.7 Å². The number of aromatic nitrogens is 4. The Hall–Kier alpha value is -3.61. The maximum Gasteiger partial charge on any atom is 0.410 e. The Morgan fingerprint density at radius 3 is 2.81 bits per heavy atom. The first-order valence-electron chi connectivity index (χ1n) is 11.0. The van der Waals surface area contributed by atoms with E-state index in [9.17, 15) is 22.8 Å². The number of ether oxygens (including phenoxy) is 1. The Bertz CT molecular complexity index is 1270. The van der Waals surface area contributed by atoms with Crippen molar-refractivity contribution in [2.45, 2.75) is 32.2 Å². The van der Waals surface area contributed by atoms with Crippen molar-refractivity contribution in [2.75, 3.05) is 31.1 Å². The molecule has 36 heavy (non-hydrogen) atoms. The number of carbonyl (C=O) groups is 2. The molecule has 192 valence electrons. The molecule has 2 N–H and O–H groups in total. The summed E-state index contributed by atoms with van der Waals surface area (Å²) in [4.78, 5) is 44.2. The van der Waals surface area contributed by atoms with E-state index in [2.05, 4.69) is 19.9 Å². The van der Waals surface area contributed by atoms with E-state index in [-0.39, 0.29) is 19.6 Å². The van der Waals surface area contributed by atoms with Crippen LogP contribution in [0, 0.1) is 0 Å². The van der Waals surface area contributed by atoms with Gasteiger partial charge in [-0.1, -0.05) is 11.6 Å². The zero-order valence-electron chi connectivity index (χ0n) is 19.3. The largest absolute Gasteiger partial charge is 0.447 e. The fourth-order valence-electron chi connectivity index (χ4n) is 3.83. The number of hydrogen-bond acceptors (Lipinski definition) is 7. The number of hydrogen-bond donors (Lipinski definition) is 2. The summed E-state index contributed by atoms with van der Waals surface area (Å²) in [5.74, 6) is -0.273. The lowest BCUT2D eigenvalue weighted by Gasteiger charge is -2.40.